The normalized spacial score (nSPS) is 17.3. The van der Waals surface area contributed by atoms with Crippen LogP contribution in [0, 0.1) is 0 Å². The first kappa shape index (κ1) is 32.2. The summed E-state index contributed by atoms with van der Waals surface area (Å²) < 4.78 is 11.5. The number of ether oxygens (including phenoxy) is 2. The number of amides is 1. The van der Waals surface area contributed by atoms with Crippen LogP contribution in [-0.2, 0) is 4.74 Å². The number of aromatic nitrogens is 3. The summed E-state index contributed by atoms with van der Waals surface area (Å²) in [7, 11) is 0. The van der Waals surface area contributed by atoms with Gasteiger partial charge in [0.15, 0.2) is 11.0 Å². The van der Waals surface area contributed by atoms with Crippen molar-refractivity contribution in [3.8, 4) is 5.88 Å². The number of carbonyl (C=O) groups is 1. The van der Waals surface area contributed by atoms with E-state index in [0.29, 0.717) is 29.9 Å². The highest BCUT2D eigenvalue weighted by Crippen LogP contribution is 2.31. The molecule has 39 heavy (non-hydrogen) atoms. The second kappa shape index (κ2) is 15.0. The smallest absolute Gasteiger partial charge is 0.410 e. The van der Waals surface area contributed by atoms with Gasteiger partial charge < -0.3 is 29.9 Å². The van der Waals surface area contributed by atoms with E-state index < -0.39 is 5.60 Å². The molecular formula is C28H46ClN7O3. The predicted octanol–water partition coefficient (Wildman–Crippen LogP) is 5.65. The summed E-state index contributed by atoms with van der Waals surface area (Å²) in [6, 6.07) is 6.05. The van der Waals surface area contributed by atoms with Crippen molar-refractivity contribution in [3.05, 3.63) is 29.5 Å². The van der Waals surface area contributed by atoms with Crippen LogP contribution in [0.2, 0.25) is 5.15 Å². The monoisotopic (exact) mass is 563 g/mol. The fourth-order valence-electron chi connectivity index (χ4n) is 4.42. The zero-order chi connectivity index (χ0) is 29.2. The zero-order valence-corrected chi connectivity index (χ0v) is 25.5. The molecule has 0 spiro atoms. The third kappa shape index (κ3) is 9.02. The summed E-state index contributed by atoms with van der Waals surface area (Å²) in [6.07, 6.45) is 3.44. The Labute approximate surface area is 238 Å². The number of rotatable bonds is 6. The lowest BCUT2D eigenvalue weighted by atomic mass is 10.0. The molecule has 4 heterocycles. The van der Waals surface area contributed by atoms with Crippen LogP contribution in [0.1, 0.15) is 68.2 Å². The molecule has 11 heteroatoms. The van der Waals surface area contributed by atoms with Gasteiger partial charge in [-0.25, -0.2) is 9.78 Å². The molecule has 2 aromatic heterocycles. The molecule has 218 valence electrons. The number of likely N-dealkylation sites (tertiary alicyclic amines) is 1. The van der Waals surface area contributed by atoms with Crippen LogP contribution in [0.15, 0.2) is 24.4 Å². The molecular weight excluding hydrogens is 518 g/mol. The number of pyridine rings is 1. The molecule has 0 saturated carbocycles. The molecule has 2 aromatic rings. The fraction of sp³-hybridized carbons (Fsp3) is 0.643. The van der Waals surface area contributed by atoms with Gasteiger partial charge in [0.25, 0.3) is 0 Å². The number of hydrogen-bond donors (Lipinski definition) is 1. The number of nitrogen functional groups attached to an aromatic ring is 1. The summed E-state index contributed by atoms with van der Waals surface area (Å²) in [5, 5.41) is 8.14. The fourth-order valence-corrected chi connectivity index (χ4v) is 4.56. The van der Waals surface area contributed by atoms with E-state index >= 15 is 0 Å². The van der Waals surface area contributed by atoms with Crippen LogP contribution in [0.3, 0.4) is 0 Å². The average Bonchev–Trinajstić information content (AvgIpc) is 2.89. The number of hydrogen-bond acceptors (Lipinski definition) is 9. The van der Waals surface area contributed by atoms with Gasteiger partial charge in [0.05, 0.1) is 18.8 Å². The minimum atomic E-state index is -0.510. The molecule has 2 saturated heterocycles. The lowest BCUT2D eigenvalue weighted by Gasteiger charge is -2.44. The zero-order valence-electron chi connectivity index (χ0n) is 24.8. The quantitative estimate of drug-likeness (QED) is 0.476. The molecule has 0 aromatic carbocycles. The number of anilines is 3. The van der Waals surface area contributed by atoms with Crippen LogP contribution in [-0.4, -0.2) is 76.6 Å². The Balaban J connectivity index is 0.00000127. The highest BCUT2D eigenvalue weighted by molar-refractivity contribution is 6.29. The second-order valence-electron chi connectivity index (χ2n) is 10.00. The van der Waals surface area contributed by atoms with Crippen molar-refractivity contribution in [3.63, 3.8) is 0 Å². The van der Waals surface area contributed by atoms with E-state index in [0.717, 1.165) is 43.9 Å². The molecule has 1 atom stereocenters. The predicted molar refractivity (Wildman–Crippen MR) is 159 cm³/mol. The van der Waals surface area contributed by atoms with Gasteiger partial charge in [-0.05, 0) is 33.3 Å². The van der Waals surface area contributed by atoms with Crippen molar-refractivity contribution in [1.29, 1.82) is 0 Å². The van der Waals surface area contributed by atoms with Gasteiger partial charge in [-0.1, -0.05) is 52.6 Å². The topological polar surface area (TPSA) is 110 Å². The maximum absolute atomic E-state index is 12.2. The molecule has 0 aliphatic carbocycles. The van der Waals surface area contributed by atoms with Crippen molar-refractivity contribution < 1.29 is 14.3 Å². The molecule has 2 N–H and O–H groups in total. The minimum absolute atomic E-state index is 0.0968. The van der Waals surface area contributed by atoms with Gasteiger partial charge in [-0.3, -0.25) is 0 Å². The highest BCUT2D eigenvalue weighted by atomic mass is 35.5. The highest BCUT2D eigenvalue weighted by Gasteiger charge is 2.35. The SMILES string of the molecule is CC.CC.CCCC1CN(c2cc(Cl)nnc2N)CCN1c1ccnc(OC2CN(C(=O)OC(C)(C)C)C2)c1. The van der Waals surface area contributed by atoms with E-state index in [2.05, 4.69) is 31.9 Å². The number of halogens is 1. The maximum atomic E-state index is 12.2. The van der Waals surface area contributed by atoms with Gasteiger partial charge >= 0.3 is 6.09 Å². The van der Waals surface area contributed by atoms with Crippen LogP contribution in [0.25, 0.3) is 0 Å². The summed E-state index contributed by atoms with van der Waals surface area (Å²) in [5.41, 5.74) is 7.46. The van der Waals surface area contributed by atoms with E-state index in [1.807, 2.05) is 60.6 Å². The first-order valence-corrected chi connectivity index (χ1v) is 14.4. The third-order valence-electron chi connectivity index (χ3n) is 6.05. The lowest BCUT2D eigenvalue weighted by Crippen LogP contribution is -2.57. The first-order chi connectivity index (χ1) is 18.6. The lowest BCUT2D eigenvalue weighted by molar-refractivity contribution is -0.0232. The molecule has 2 aliphatic heterocycles. The van der Waals surface area contributed by atoms with Crippen LogP contribution in [0.5, 0.6) is 5.88 Å². The minimum Gasteiger partial charge on any atom is -0.471 e. The number of nitrogens with zero attached hydrogens (tertiary/aromatic N) is 6. The Morgan fingerprint density at radius 2 is 1.79 bits per heavy atom. The van der Waals surface area contributed by atoms with E-state index in [4.69, 9.17) is 26.8 Å². The molecule has 2 aliphatic rings. The molecule has 1 amide bonds. The van der Waals surface area contributed by atoms with E-state index in [1.54, 1.807) is 17.2 Å². The molecule has 10 nitrogen and oxygen atoms in total. The molecule has 1 unspecified atom stereocenters. The van der Waals surface area contributed by atoms with Crippen molar-refractivity contribution in [2.45, 2.75) is 86.0 Å². The van der Waals surface area contributed by atoms with Gasteiger partial charge in [0.1, 0.15) is 11.7 Å². The standard InChI is InChI=1S/C24H34ClN7O3.2C2H6/c1-5-6-17-13-30(19-12-20(25)28-29-22(19)26)9-10-32(17)16-7-8-27-21(11-16)34-18-14-31(15-18)23(33)35-24(2,3)4;2*1-2/h7-8,11-12,17-18H,5-6,9-10,13-15H2,1-4H3,(H2,26,29);2*1-2H3. The number of carbonyl (C=O) groups excluding carboxylic acids is 1. The van der Waals surface area contributed by atoms with Crippen LogP contribution >= 0.6 is 11.6 Å². The molecule has 0 bridgehead atoms. The van der Waals surface area contributed by atoms with E-state index in [-0.39, 0.29) is 18.2 Å². The Morgan fingerprint density at radius 1 is 1.10 bits per heavy atom. The van der Waals surface area contributed by atoms with Gasteiger partial charge in [0, 0.05) is 49.7 Å². The van der Waals surface area contributed by atoms with Gasteiger partial charge in [0.2, 0.25) is 5.88 Å². The third-order valence-corrected chi connectivity index (χ3v) is 6.24. The summed E-state index contributed by atoms with van der Waals surface area (Å²) in [6.45, 7) is 19.1. The molecule has 2 fully saturated rings. The Morgan fingerprint density at radius 3 is 2.44 bits per heavy atom. The Bertz CT molecular complexity index is 1040. The molecule has 0 radical (unpaired) electrons. The van der Waals surface area contributed by atoms with Crippen molar-refractivity contribution in [2.24, 2.45) is 0 Å². The number of piperazine rings is 1. The van der Waals surface area contributed by atoms with Crippen molar-refractivity contribution in [2.75, 3.05) is 48.3 Å². The van der Waals surface area contributed by atoms with Gasteiger partial charge in [-0.2, -0.15) is 0 Å². The first-order valence-electron chi connectivity index (χ1n) is 14.0. The number of nitrogens with two attached hydrogens (primary N) is 1. The maximum Gasteiger partial charge on any atom is 0.410 e. The molecule has 4 rings (SSSR count). The van der Waals surface area contributed by atoms with Crippen molar-refractivity contribution >= 4 is 34.9 Å². The second-order valence-corrected chi connectivity index (χ2v) is 10.4. The van der Waals surface area contributed by atoms with Crippen LogP contribution in [0.4, 0.5) is 22.0 Å². The average molecular weight is 564 g/mol. The van der Waals surface area contributed by atoms with Gasteiger partial charge in [-0.15, -0.1) is 10.2 Å². The Kier molecular flexibility index (Phi) is 12.3. The Hall–Kier alpha value is -3.01. The summed E-state index contributed by atoms with van der Waals surface area (Å²) in [5.74, 6) is 0.946. The van der Waals surface area contributed by atoms with Crippen LogP contribution < -0.4 is 20.3 Å². The summed E-state index contributed by atoms with van der Waals surface area (Å²) >= 11 is 6.07. The summed E-state index contributed by atoms with van der Waals surface area (Å²) in [4.78, 5) is 22.8. The largest absolute Gasteiger partial charge is 0.471 e. The van der Waals surface area contributed by atoms with E-state index in [1.165, 1.54) is 0 Å². The van der Waals surface area contributed by atoms with E-state index in [9.17, 15) is 4.79 Å². The van der Waals surface area contributed by atoms with Crippen molar-refractivity contribution in [1.82, 2.24) is 20.1 Å².